The number of aliphatic imine (C=N–C) groups is 1. The highest BCUT2D eigenvalue weighted by Crippen LogP contribution is 2.32. The number of rotatable bonds is 3. The zero-order chi connectivity index (χ0) is 15.6. The predicted octanol–water partition coefficient (Wildman–Crippen LogP) is 2.21. The lowest BCUT2D eigenvalue weighted by molar-refractivity contribution is -0.111. The van der Waals surface area contributed by atoms with E-state index < -0.39 is 0 Å². The summed E-state index contributed by atoms with van der Waals surface area (Å²) in [7, 11) is 5.52. The van der Waals surface area contributed by atoms with Crippen molar-refractivity contribution in [3.8, 4) is 5.75 Å². The van der Waals surface area contributed by atoms with Gasteiger partial charge in [-0.1, -0.05) is 0 Å². The van der Waals surface area contributed by atoms with Gasteiger partial charge < -0.3 is 15.4 Å². The highest BCUT2D eigenvalue weighted by atomic mass is 16.5. The minimum Gasteiger partial charge on any atom is -0.494 e. The number of carbonyl (C=O) groups is 1. The van der Waals surface area contributed by atoms with E-state index in [-0.39, 0.29) is 5.78 Å². The Morgan fingerprint density at radius 2 is 1.95 bits per heavy atom. The highest BCUT2D eigenvalue weighted by molar-refractivity contribution is 6.21. The molecule has 0 saturated heterocycles. The predicted molar refractivity (Wildman–Crippen MR) is 85.5 cm³/mol. The van der Waals surface area contributed by atoms with Gasteiger partial charge in [-0.3, -0.25) is 4.79 Å². The molecule has 0 radical (unpaired) electrons. The van der Waals surface area contributed by atoms with E-state index in [0.29, 0.717) is 28.4 Å². The number of ketones is 1. The van der Waals surface area contributed by atoms with E-state index in [1.54, 1.807) is 20.1 Å². The Bertz CT molecular complexity index is 670. The summed E-state index contributed by atoms with van der Waals surface area (Å²) in [5, 5.41) is 0. The summed E-state index contributed by atoms with van der Waals surface area (Å²) >= 11 is 0. The molecule has 2 N–H and O–H groups in total. The fraction of sp³-hybridized carbons (Fsp3) is 0.250. The van der Waals surface area contributed by atoms with Gasteiger partial charge in [0, 0.05) is 31.9 Å². The van der Waals surface area contributed by atoms with Crippen molar-refractivity contribution >= 4 is 22.9 Å². The molecule has 0 fully saturated rings. The maximum atomic E-state index is 11.5. The van der Waals surface area contributed by atoms with Crippen molar-refractivity contribution < 1.29 is 9.53 Å². The molecule has 0 amide bonds. The number of benzene rings is 1. The molecule has 0 aliphatic heterocycles. The van der Waals surface area contributed by atoms with Crippen LogP contribution in [0.1, 0.15) is 6.92 Å². The first-order valence-electron chi connectivity index (χ1n) is 6.56. The largest absolute Gasteiger partial charge is 0.494 e. The van der Waals surface area contributed by atoms with E-state index in [2.05, 4.69) is 4.99 Å². The van der Waals surface area contributed by atoms with Gasteiger partial charge in [0.2, 0.25) is 0 Å². The van der Waals surface area contributed by atoms with Crippen LogP contribution in [0.4, 0.5) is 11.4 Å². The number of ether oxygens (including phenoxy) is 1. The second-order valence-corrected chi connectivity index (χ2v) is 5.04. The maximum Gasteiger partial charge on any atom is 0.183 e. The zero-order valence-corrected chi connectivity index (χ0v) is 12.7. The first kappa shape index (κ1) is 14.8. The van der Waals surface area contributed by atoms with E-state index in [1.165, 1.54) is 6.08 Å². The van der Waals surface area contributed by atoms with Crippen molar-refractivity contribution in [2.75, 3.05) is 26.1 Å². The smallest absolute Gasteiger partial charge is 0.183 e. The van der Waals surface area contributed by atoms with Gasteiger partial charge in [-0.2, -0.15) is 0 Å². The average Bonchev–Trinajstić information content (AvgIpc) is 2.44. The molecule has 0 heterocycles. The summed E-state index contributed by atoms with van der Waals surface area (Å²) in [6, 6.07) is 5.73. The van der Waals surface area contributed by atoms with E-state index in [4.69, 9.17) is 10.5 Å². The monoisotopic (exact) mass is 285 g/mol. The lowest BCUT2D eigenvalue weighted by atomic mass is 10.0. The third kappa shape index (κ3) is 3.13. The maximum absolute atomic E-state index is 11.5. The van der Waals surface area contributed by atoms with Crippen molar-refractivity contribution in [2.45, 2.75) is 6.92 Å². The van der Waals surface area contributed by atoms with Crippen LogP contribution in [0.2, 0.25) is 0 Å². The minimum absolute atomic E-state index is 0.0821. The fourth-order valence-electron chi connectivity index (χ4n) is 1.95. The van der Waals surface area contributed by atoms with Crippen LogP contribution in [0.5, 0.6) is 5.75 Å². The number of hydrogen-bond acceptors (Lipinski definition) is 5. The number of nitrogens with two attached hydrogens (primary N) is 1. The third-order valence-electron chi connectivity index (χ3n) is 3.24. The van der Waals surface area contributed by atoms with Crippen LogP contribution < -0.4 is 15.4 Å². The molecular weight excluding hydrogens is 266 g/mol. The Morgan fingerprint density at radius 1 is 1.24 bits per heavy atom. The topological polar surface area (TPSA) is 67.9 Å². The molecule has 0 spiro atoms. The summed E-state index contributed by atoms with van der Waals surface area (Å²) in [6.07, 6.45) is 3.09. The second kappa shape index (κ2) is 5.83. The van der Waals surface area contributed by atoms with Crippen LogP contribution in [-0.2, 0) is 4.79 Å². The number of anilines is 1. The fourth-order valence-corrected chi connectivity index (χ4v) is 1.95. The highest BCUT2D eigenvalue weighted by Gasteiger charge is 2.14. The Kier molecular flexibility index (Phi) is 4.12. The Morgan fingerprint density at radius 3 is 2.57 bits per heavy atom. The molecule has 1 aliphatic carbocycles. The Labute approximate surface area is 124 Å². The molecule has 21 heavy (non-hydrogen) atoms. The minimum atomic E-state index is -0.0821. The van der Waals surface area contributed by atoms with Gasteiger partial charge in [0.25, 0.3) is 0 Å². The van der Waals surface area contributed by atoms with Crippen molar-refractivity contribution in [3.63, 3.8) is 0 Å². The van der Waals surface area contributed by atoms with Crippen molar-refractivity contribution in [1.29, 1.82) is 0 Å². The molecule has 0 unspecified atom stereocenters. The van der Waals surface area contributed by atoms with Crippen molar-refractivity contribution in [3.05, 3.63) is 41.6 Å². The summed E-state index contributed by atoms with van der Waals surface area (Å²) in [6.45, 7) is 1.74. The normalized spacial score (nSPS) is 16.6. The van der Waals surface area contributed by atoms with Crippen LogP contribution in [0, 0.1) is 0 Å². The summed E-state index contributed by atoms with van der Waals surface area (Å²) in [5.74, 6) is 0.575. The number of carbonyl (C=O) groups excluding carboxylic acids is 1. The number of hydrogen-bond donors (Lipinski definition) is 1. The zero-order valence-electron chi connectivity index (χ0n) is 12.7. The van der Waals surface area contributed by atoms with Crippen molar-refractivity contribution in [1.82, 2.24) is 0 Å². The summed E-state index contributed by atoms with van der Waals surface area (Å²) in [5.41, 5.74) is 9.11. The molecule has 1 aromatic rings. The van der Waals surface area contributed by atoms with Crippen LogP contribution in [-0.4, -0.2) is 32.7 Å². The van der Waals surface area contributed by atoms with Crippen LogP contribution in [0.15, 0.2) is 46.6 Å². The molecule has 110 valence electrons. The van der Waals surface area contributed by atoms with E-state index in [9.17, 15) is 4.79 Å². The van der Waals surface area contributed by atoms with E-state index in [0.717, 1.165) is 5.69 Å². The molecule has 5 heteroatoms. The summed E-state index contributed by atoms with van der Waals surface area (Å²) < 4.78 is 5.38. The van der Waals surface area contributed by atoms with Gasteiger partial charge in [0.1, 0.15) is 11.4 Å². The summed E-state index contributed by atoms with van der Waals surface area (Å²) in [4.78, 5) is 18.0. The molecule has 0 bridgehead atoms. The lowest BCUT2D eigenvalue weighted by Crippen LogP contribution is -2.17. The van der Waals surface area contributed by atoms with Crippen molar-refractivity contribution in [2.24, 2.45) is 10.7 Å². The number of nitrogens with zero attached hydrogens (tertiary/aromatic N) is 2. The van der Waals surface area contributed by atoms with E-state index in [1.807, 2.05) is 37.2 Å². The van der Waals surface area contributed by atoms with E-state index >= 15 is 0 Å². The molecule has 1 aromatic carbocycles. The lowest BCUT2D eigenvalue weighted by Gasteiger charge is -2.15. The standard InChI is InChI=1S/C16H19N3O2/c1-10-7-14(12(17)9-15(10)20)18-13-6-5-11(19(2)3)8-16(13)21-4/h5-9H,17H2,1-4H3. The molecule has 0 saturated carbocycles. The average molecular weight is 285 g/mol. The van der Waals surface area contributed by atoms with Crippen LogP contribution in [0.25, 0.3) is 0 Å². The molecular formula is C16H19N3O2. The molecule has 1 aliphatic rings. The first-order chi connectivity index (χ1) is 9.92. The van der Waals surface area contributed by atoms with Gasteiger partial charge in [-0.05, 0) is 30.7 Å². The Balaban J connectivity index is 2.46. The molecule has 5 nitrogen and oxygen atoms in total. The number of methoxy groups -OCH3 is 1. The van der Waals surface area contributed by atoms with Crippen LogP contribution in [0.3, 0.4) is 0 Å². The SMILES string of the molecule is COc1cc(N(C)C)ccc1N=C1C=C(C)C(=O)C=C1N. The van der Waals surface area contributed by atoms with Crippen LogP contribution >= 0.6 is 0 Å². The van der Waals surface area contributed by atoms with Gasteiger partial charge in [-0.15, -0.1) is 0 Å². The second-order valence-electron chi connectivity index (χ2n) is 5.04. The van der Waals surface area contributed by atoms with Gasteiger partial charge >= 0.3 is 0 Å². The molecule has 0 aromatic heterocycles. The van der Waals surface area contributed by atoms with Gasteiger partial charge in [-0.25, -0.2) is 4.99 Å². The Hall–Kier alpha value is -2.56. The number of allylic oxidation sites excluding steroid dienone is 3. The first-order valence-corrected chi connectivity index (χ1v) is 6.56. The quantitative estimate of drug-likeness (QED) is 0.865. The van der Waals surface area contributed by atoms with Gasteiger partial charge in [0.15, 0.2) is 5.78 Å². The third-order valence-corrected chi connectivity index (χ3v) is 3.24. The molecule has 0 atom stereocenters. The molecule has 2 rings (SSSR count). The van der Waals surface area contributed by atoms with Gasteiger partial charge in [0.05, 0.1) is 18.5 Å².